The SMILES string of the molecule is CCC(=O)N1c2ccc(S(=O)(=O)N(CCc3ccccc3)Cc3ccccc3)cc2C[C@H]1C. The van der Waals surface area contributed by atoms with E-state index in [-0.39, 0.29) is 16.8 Å². The second kappa shape index (κ2) is 9.89. The lowest BCUT2D eigenvalue weighted by Crippen LogP contribution is -2.35. The Kier molecular flexibility index (Phi) is 6.96. The summed E-state index contributed by atoms with van der Waals surface area (Å²) in [6.07, 6.45) is 1.72. The molecule has 1 atom stereocenters. The Hall–Kier alpha value is -2.96. The Balaban J connectivity index is 1.64. The van der Waals surface area contributed by atoms with Crippen molar-refractivity contribution in [3.63, 3.8) is 0 Å². The fourth-order valence-corrected chi connectivity index (χ4v) is 5.92. The number of amides is 1. The van der Waals surface area contributed by atoms with Crippen molar-refractivity contribution in [1.82, 2.24) is 4.31 Å². The Labute approximate surface area is 196 Å². The second-order valence-corrected chi connectivity index (χ2v) is 10.5. The highest BCUT2D eigenvalue weighted by Crippen LogP contribution is 2.35. The van der Waals surface area contributed by atoms with Crippen molar-refractivity contribution < 1.29 is 13.2 Å². The molecule has 0 radical (unpaired) electrons. The van der Waals surface area contributed by atoms with Crippen LogP contribution in [0.1, 0.15) is 37.0 Å². The van der Waals surface area contributed by atoms with Gasteiger partial charge in [0.15, 0.2) is 0 Å². The molecule has 0 N–H and O–H groups in total. The van der Waals surface area contributed by atoms with Crippen LogP contribution in [0.3, 0.4) is 0 Å². The van der Waals surface area contributed by atoms with Gasteiger partial charge in [-0.25, -0.2) is 8.42 Å². The van der Waals surface area contributed by atoms with Crippen LogP contribution in [0.4, 0.5) is 5.69 Å². The van der Waals surface area contributed by atoms with Crippen LogP contribution in [0, 0.1) is 0 Å². The molecule has 0 fully saturated rings. The molecule has 1 amide bonds. The molecule has 6 heteroatoms. The van der Waals surface area contributed by atoms with Crippen LogP contribution >= 0.6 is 0 Å². The summed E-state index contributed by atoms with van der Waals surface area (Å²) in [7, 11) is -3.72. The van der Waals surface area contributed by atoms with Crippen molar-refractivity contribution in [1.29, 1.82) is 0 Å². The quantitative estimate of drug-likeness (QED) is 0.483. The van der Waals surface area contributed by atoms with Crippen molar-refractivity contribution >= 4 is 21.6 Å². The first-order valence-corrected chi connectivity index (χ1v) is 12.9. The third-order valence-electron chi connectivity index (χ3n) is 6.17. The number of hydrogen-bond acceptors (Lipinski definition) is 3. The number of fused-ring (bicyclic) bond motifs is 1. The van der Waals surface area contributed by atoms with Gasteiger partial charge in [0.2, 0.25) is 15.9 Å². The first-order chi connectivity index (χ1) is 15.9. The van der Waals surface area contributed by atoms with Crippen LogP contribution in [0.2, 0.25) is 0 Å². The zero-order chi connectivity index (χ0) is 23.4. The van der Waals surface area contributed by atoms with Gasteiger partial charge in [0, 0.05) is 31.2 Å². The summed E-state index contributed by atoms with van der Waals surface area (Å²) in [5, 5.41) is 0. The Bertz CT molecular complexity index is 1210. The van der Waals surface area contributed by atoms with E-state index < -0.39 is 10.0 Å². The minimum absolute atomic E-state index is 0.0314. The molecule has 0 saturated heterocycles. The van der Waals surface area contributed by atoms with Gasteiger partial charge in [-0.15, -0.1) is 0 Å². The molecule has 0 aromatic heterocycles. The molecular weight excluding hydrogens is 432 g/mol. The topological polar surface area (TPSA) is 57.7 Å². The van der Waals surface area contributed by atoms with Gasteiger partial charge in [0.1, 0.15) is 0 Å². The number of benzene rings is 3. The third kappa shape index (κ3) is 5.02. The molecule has 0 spiro atoms. The fourth-order valence-electron chi connectivity index (χ4n) is 4.44. The van der Waals surface area contributed by atoms with E-state index in [2.05, 4.69) is 0 Å². The van der Waals surface area contributed by atoms with Gasteiger partial charge in [-0.2, -0.15) is 4.31 Å². The molecule has 4 rings (SSSR count). The molecule has 3 aromatic rings. The number of hydrogen-bond donors (Lipinski definition) is 0. The van der Waals surface area contributed by atoms with E-state index in [1.165, 1.54) is 0 Å². The van der Waals surface area contributed by atoms with Gasteiger partial charge in [-0.05, 0) is 54.7 Å². The second-order valence-electron chi connectivity index (χ2n) is 8.52. The lowest BCUT2D eigenvalue weighted by molar-refractivity contribution is -0.118. The number of rotatable bonds is 8. The zero-order valence-electron chi connectivity index (χ0n) is 19.1. The molecule has 1 heterocycles. The van der Waals surface area contributed by atoms with E-state index in [9.17, 15) is 13.2 Å². The van der Waals surface area contributed by atoms with Crippen LogP contribution in [-0.4, -0.2) is 31.2 Å². The summed E-state index contributed by atoms with van der Waals surface area (Å²) in [5.41, 5.74) is 3.78. The highest BCUT2D eigenvalue weighted by molar-refractivity contribution is 7.89. The number of sulfonamides is 1. The van der Waals surface area contributed by atoms with E-state index in [1.54, 1.807) is 27.4 Å². The van der Waals surface area contributed by atoms with E-state index in [0.29, 0.717) is 32.4 Å². The minimum atomic E-state index is -3.72. The van der Waals surface area contributed by atoms with Gasteiger partial charge < -0.3 is 4.90 Å². The van der Waals surface area contributed by atoms with E-state index in [4.69, 9.17) is 0 Å². The molecule has 1 aliphatic rings. The molecule has 172 valence electrons. The Morgan fingerprint density at radius 2 is 1.61 bits per heavy atom. The van der Waals surface area contributed by atoms with Crippen LogP contribution in [0.5, 0.6) is 0 Å². The Morgan fingerprint density at radius 3 is 2.24 bits per heavy atom. The van der Waals surface area contributed by atoms with Gasteiger partial charge in [-0.3, -0.25) is 4.79 Å². The van der Waals surface area contributed by atoms with Gasteiger partial charge in [0.05, 0.1) is 4.90 Å². The molecule has 0 aliphatic carbocycles. The number of carbonyl (C=O) groups excluding carboxylic acids is 1. The van der Waals surface area contributed by atoms with Crippen LogP contribution < -0.4 is 4.90 Å². The molecule has 1 aliphatic heterocycles. The van der Waals surface area contributed by atoms with Crippen molar-refractivity contribution in [2.45, 2.75) is 50.6 Å². The van der Waals surface area contributed by atoms with Crippen molar-refractivity contribution in [3.05, 3.63) is 95.6 Å². The van der Waals surface area contributed by atoms with Gasteiger partial charge in [0.25, 0.3) is 0 Å². The summed E-state index contributed by atoms with van der Waals surface area (Å²) in [6, 6.07) is 24.8. The number of carbonyl (C=O) groups is 1. The molecule has 0 bridgehead atoms. The smallest absolute Gasteiger partial charge is 0.243 e. The predicted molar refractivity (Wildman–Crippen MR) is 132 cm³/mol. The van der Waals surface area contributed by atoms with Crippen LogP contribution in [0.15, 0.2) is 83.8 Å². The third-order valence-corrected chi connectivity index (χ3v) is 8.01. The molecule has 33 heavy (non-hydrogen) atoms. The van der Waals surface area contributed by atoms with Gasteiger partial charge in [-0.1, -0.05) is 67.6 Å². The van der Waals surface area contributed by atoms with Gasteiger partial charge >= 0.3 is 0 Å². The molecule has 0 saturated carbocycles. The van der Waals surface area contributed by atoms with E-state index >= 15 is 0 Å². The predicted octanol–water partition coefficient (Wildman–Crippen LogP) is 4.81. The van der Waals surface area contributed by atoms with Crippen LogP contribution in [-0.2, 0) is 34.2 Å². The number of nitrogens with zero attached hydrogens (tertiary/aromatic N) is 2. The highest BCUT2D eigenvalue weighted by Gasteiger charge is 2.32. The maximum atomic E-state index is 13.8. The standard InChI is InChI=1S/C27H30N2O3S/c1-3-27(30)29-21(2)18-24-19-25(14-15-26(24)29)33(31,32)28(20-23-12-8-5-9-13-23)17-16-22-10-6-4-7-11-22/h4-15,19,21H,3,16-18,20H2,1-2H3/t21-/m1/s1. The first kappa shape index (κ1) is 23.2. The lowest BCUT2D eigenvalue weighted by atomic mass is 10.1. The van der Waals surface area contributed by atoms with E-state index in [1.807, 2.05) is 74.5 Å². The summed E-state index contributed by atoms with van der Waals surface area (Å²) >= 11 is 0. The summed E-state index contributed by atoms with van der Waals surface area (Å²) < 4.78 is 29.1. The highest BCUT2D eigenvalue weighted by atomic mass is 32.2. The molecule has 3 aromatic carbocycles. The minimum Gasteiger partial charge on any atom is -0.309 e. The summed E-state index contributed by atoms with van der Waals surface area (Å²) in [6.45, 7) is 4.54. The maximum absolute atomic E-state index is 13.8. The largest absolute Gasteiger partial charge is 0.309 e. The summed E-state index contributed by atoms with van der Waals surface area (Å²) in [4.78, 5) is 14.5. The maximum Gasteiger partial charge on any atom is 0.243 e. The van der Waals surface area contributed by atoms with Crippen molar-refractivity contribution in [2.24, 2.45) is 0 Å². The van der Waals surface area contributed by atoms with Crippen molar-refractivity contribution in [3.8, 4) is 0 Å². The monoisotopic (exact) mass is 462 g/mol. The summed E-state index contributed by atoms with van der Waals surface area (Å²) in [5.74, 6) is 0.0606. The van der Waals surface area contributed by atoms with Crippen molar-refractivity contribution in [2.75, 3.05) is 11.4 Å². The normalized spacial score (nSPS) is 15.6. The number of anilines is 1. The lowest BCUT2D eigenvalue weighted by Gasteiger charge is -2.24. The Morgan fingerprint density at radius 1 is 0.970 bits per heavy atom. The first-order valence-electron chi connectivity index (χ1n) is 11.4. The molecule has 5 nitrogen and oxygen atoms in total. The zero-order valence-corrected chi connectivity index (χ0v) is 20.0. The fraction of sp³-hybridized carbons (Fsp3) is 0.296. The average Bonchev–Trinajstić information content (AvgIpc) is 3.17. The van der Waals surface area contributed by atoms with Crippen LogP contribution in [0.25, 0.3) is 0 Å². The molecular formula is C27H30N2O3S. The molecule has 0 unspecified atom stereocenters. The van der Waals surface area contributed by atoms with E-state index in [0.717, 1.165) is 22.4 Å². The average molecular weight is 463 g/mol.